The van der Waals surface area contributed by atoms with Crippen LogP contribution in [0.15, 0.2) is 43.7 Å². The highest BCUT2D eigenvalue weighted by atomic mass is 14.8. The fourth-order valence-electron chi connectivity index (χ4n) is 6.74. The van der Waals surface area contributed by atoms with Gasteiger partial charge in [0, 0.05) is 34.2 Å². The van der Waals surface area contributed by atoms with Crippen molar-refractivity contribution in [3.05, 3.63) is 78.7 Å². The third-order valence-corrected chi connectivity index (χ3v) is 9.26. The smallest absolute Gasteiger partial charge is 0.0686 e. The van der Waals surface area contributed by atoms with Crippen LogP contribution in [0, 0.1) is 27.7 Å². The fourth-order valence-corrected chi connectivity index (χ4v) is 6.74. The summed E-state index contributed by atoms with van der Waals surface area (Å²) in [6.45, 7) is 22.1. The highest BCUT2D eigenvalue weighted by molar-refractivity contribution is 6.04. The minimum Gasteiger partial charge on any atom is -0.359 e. The SMILES string of the molecule is CCc1c(C)[nH]c(/C=C2\N=C(C)C(CCCCCCC3=C(C)/C(=C\c4[nH]c(C)c(CC)c4C)N=C3C)=C2C)c1C. The maximum Gasteiger partial charge on any atom is 0.0686 e. The lowest BCUT2D eigenvalue weighted by Gasteiger charge is -2.07. The van der Waals surface area contributed by atoms with E-state index in [2.05, 4.69) is 91.4 Å². The van der Waals surface area contributed by atoms with E-state index in [9.17, 15) is 0 Å². The van der Waals surface area contributed by atoms with Crippen molar-refractivity contribution in [2.24, 2.45) is 9.98 Å². The number of nitrogens with one attached hydrogen (secondary N) is 2. The van der Waals surface area contributed by atoms with Crippen LogP contribution in [0.3, 0.4) is 0 Å². The summed E-state index contributed by atoms with van der Waals surface area (Å²) in [7, 11) is 0. The van der Waals surface area contributed by atoms with Crippen LogP contribution < -0.4 is 0 Å². The van der Waals surface area contributed by atoms with E-state index in [1.165, 1.54) is 104 Å². The Kier molecular flexibility index (Phi) is 9.38. The first-order chi connectivity index (χ1) is 19.1. The zero-order valence-corrected chi connectivity index (χ0v) is 26.7. The molecule has 2 aromatic heterocycles. The molecular formula is C36H50N4. The van der Waals surface area contributed by atoms with Crippen molar-refractivity contribution in [2.75, 3.05) is 0 Å². The van der Waals surface area contributed by atoms with Crippen molar-refractivity contribution in [1.82, 2.24) is 9.97 Å². The average molecular weight is 539 g/mol. The van der Waals surface area contributed by atoms with Crippen molar-refractivity contribution in [2.45, 2.75) is 121 Å². The van der Waals surface area contributed by atoms with Gasteiger partial charge in [-0.15, -0.1) is 0 Å². The van der Waals surface area contributed by atoms with Crippen LogP contribution in [0.1, 0.15) is 125 Å². The van der Waals surface area contributed by atoms with Crippen molar-refractivity contribution >= 4 is 23.6 Å². The molecule has 0 aliphatic carbocycles. The molecule has 0 atom stereocenters. The van der Waals surface area contributed by atoms with Crippen LogP contribution in [0.5, 0.6) is 0 Å². The predicted molar refractivity (Wildman–Crippen MR) is 175 cm³/mol. The van der Waals surface area contributed by atoms with Gasteiger partial charge in [0.1, 0.15) is 0 Å². The van der Waals surface area contributed by atoms with Gasteiger partial charge in [-0.25, -0.2) is 0 Å². The average Bonchev–Trinajstić information content (AvgIpc) is 3.54. The number of aliphatic imine (C=N–C) groups is 2. The molecule has 0 spiro atoms. The number of aromatic nitrogens is 2. The summed E-state index contributed by atoms with van der Waals surface area (Å²) >= 11 is 0. The molecule has 0 saturated carbocycles. The summed E-state index contributed by atoms with van der Waals surface area (Å²) in [5.41, 5.74) is 20.8. The van der Waals surface area contributed by atoms with Gasteiger partial charge >= 0.3 is 0 Å². The number of H-pyrrole nitrogens is 2. The summed E-state index contributed by atoms with van der Waals surface area (Å²) in [4.78, 5) is 17.0. The largest absolute Gasteiger partial charge is 0.359 e. The minimum absolute atomic E-state index is 1.06. The zero-order valence-electron chi connectivity index (χ0n) is 26.7. The fraction of sp³-hybridized carbons (Fsp3) is 0.500. The van der Waals surface area contributed by atoms with Gasteiger partial charge in [-0.1, -0.05) is 26.7 Å². The van der Waals surface area contributed by atoms with Crippen molar-refractivity contribution in [1.29, 1.82) is 0 Å². The van der Waals surface area contributed by atoms with E-state index in [4.69, 9.17) is 9.98 Å². The van der Waals surface area contributed by atoms with E-state index in [1.54, 1.807) is 0 Å². The molecule has 4 heteroatoms. The third-order valence-electron chi connectivity index (χ3n) is 9.26. The molecule has 2 aliphatic heterocycles. The lowest BCUT2D eigenvalue weighted by atomic mass is 9.96. The van der Waals surface area contributed by atoms with Gasteiger partial charge in [-0.05, 0) is 151 Å². The Hall–Kier alpha value is -3.14. The Labute approximate surface area is 242 Å². The number of aryl methyl sites for hydroxylation is 2. The number of hydrogen-bond donors (Lipinski definition) is 2. The molecule has 4 heterocycles. The number of allylic oxidation sites excluding steroid dienone is 4. The van der Waals surface area contributed by atoms with Crippen LogP contribution in [0.2, 0.25) is 0 Å². The molecule has 40 heavy (non-hydrogen) atoms. The number of nitrogens with zero attached hydrogens (tertiary/aromatic N) is 2. The van der Waals surface area contributed by atoms with Gasteiger partial charge in [-0.3, -0.25) is 9.98 Å². The topological polar surface area (TPSA) is 56.3 Å². The summed E-state index contributed by atoms with van der Waals surface area (Å²) in [6, 6.07) is 0. The first-order valence-electron chi connectivity index (χ1n) is 15.4. The van der Waals surface area contributed by atoms with Gasteiger partial charge in [0.15, 0.2) is 0 Å². The Balaban J connectivity index is 1.31. The van der Waals surface area contributed by atoms with Gasteiger partial charge in [0.25, 0.3) is 0 Å². The molecule has 0 fully saturated rings. The Morgan fingerprint density at radius 2 is 0.925 bits per heavy atom. The lowest BCUT2D eigenvalue weighted by molar-refractivity contribution is 0.644. The normalized spacial score (nSPS) is 17.8. The Morgan fingerprint density at radius 1 is 0.550 bits per heavy atom. The van der Waals surface area contributed by atoms with Crippen molar-refractivity contribution in [3.63, 3.8) is 0 Å². The molecule has 2 aliphatic rings. The van der Waals surface area contributed by atoms with Gasteiger partial charge in [0.2, 0.25) is 0 Å². The Bertz CT molecular complexity index is 1360. The maximum atomic E-state index is 4.95. The van der Waals surface area contributed by atoms with E-state index in [-0.39, 0.29) is 0 Å². The maximum absolute atomic E-state index is 4.95. The van der Waals surface area contributed by atoms with Crippen LogP contribution in [0.4, 0.5) is 0 Å². The standard InChI is InChI=1S/C36H50N4/c1-11-29-21(3)33(37-25(29)7)19-35-23(5)31(27(9)39-35)17-15-13-14-16-18-32-24(6)36(40-28(32)10)20-34-22(4)30(12-2)26(8)38-34/h19-20,37-38H,11-18H2,1-10H3/b35-19-,36-20+. The highest BCUT2D eigenvalue weighted by Crippen LogP contribution is 2.33. The van der Waals surface area contributed by atoms with Crippen LogP contribution >= 0.6 is 0 Å². The molecule has 4 rings (SSSR count). The summed E-state index contributed by atoms with van der Waals surface area (Å²) in [5.74, 6) is 0. The van der Waals surface area contributed by atoms with Gasteiger partial charge < -0.3 is 9.97 Å². The lowest BCUT2D eigenvalue weighted by Crippen LogP contribution is -1.96. The number of unbranched alkanes of at least 4 members (excludes halogenated alkanes) is 3. The van der Waals surface area contributed by atoms with E-state index < -0.39 is 0 Å². The first kappa shape index (κ1) is 29.8. The molecule has 0 unspecified atom stereocenters. The minimum atomic E-state index is 1.06. The van der Waals surface area contributed by atoms with E-state index in [1.807, 2.05) is 0 Å². The molecule has 2 N–H and O–H groups in total. The van der Waals surface area contributed by atoms with Gasteiger partial charge in [0.05, 0.1) is 11.4 Å². The van der Waals surface area contributed by atoms with Gasteiger partial charge in [-0.2, -0.15) is 0 Å². The Morgan fingerprint density at radius 3 is 1.25 bits per heavy atom. The summed E-state index contributed by atoms with van der Waals surface area (Å²) in [6.07, 6.45) is 13.8. The molecule has 2 aromatic rings. The summed E-state index contributed by atoms with van der Waals surface area (Å²) < 4.78 is 0. The van der Waals surface area contributed by atoms with Crippen molar-refractivity contribution < 1.29 is 0 Å². The quantitative estimate of drug-likeness (QED) is 0.267. The second kappa shape index (κ2) is 12.6. The molecule has 214 valence electrons. The highest BCUT2D eigenvalue weighted by Gasteiger charge is 2.20. The molecule has 0 radical (unpaired) electrons. The van der Waals surface area contributed by atoms with Crippen molar-refractivity contribution in [3.8, 4) is 0 Å². The molecular weight excluding hydrogens is 488 g/mol. The molecule has 0 aromatic carbocycles. The van der Waals surface area contributed by atoms with Crippen LogP contribution in [0.25, 0.3) is 12.2 Å². The first-order valence-corrected chi connectivity index (χ1v) is 15.4. The van der Waals surface area contributed by atoms with Crippen LogP contribution in [-0.4, -0.2) is 21.4 Å². The molecule has 0 bridgehead atoms. The predicted octanol–water partition coefficient (Wildman–Crippen LogP) is 10.0. The number of aromatic amines is 2. The van der Waals surface area contributed by atoms with E-state index in [0.717, 1.165) is 37.1 Å². The second-order valence-corrected chi connectivity index (χ2v) is 11.8. The zero-order chi connectivity index (χ0) is 29.1. The molecule has 0 amide bonds. The van der Waals surface area contributed by atoms with E-state index >= 15 is 0 Å². The second-order valence-electron chi connectivity index (χ2n) is 11.8. The molecule has 4 nitrogen and oxygen atoms in total. The number of hydrogen-bond acceptors (Lipinski definition) is 2. The summed E-state index contributed by atoms with van der Waals surface area (Å²) in [5, 5.41) is 0. The number of rotatable bonds is 11. The monoisotopic (exact) mass is 538 g/mol. The third kappa shape index (κ3) is 5.96. The van der Waals surface area contributed by atoms with E-state index in [0.29, 0.717) is 0 Å². The van der Waals surface area contributed by atoms with Crippen LogP contribution in [-0.2, 0) is 12.8 Å². The molecule has 0 saturated heterocycles.